The molecule has 0 bridgehead atoms. The fraction of sp³-hybridized carbons (Fsp3) is 0.231. The van der Waals surface area contributed by atoms with Gasteiger partial charge in [-0.05, 0) is 47.9 Å². The van der Waals surface area contributed by atoms with E-state index in [4.69, 9.17) is 0 Å². The first-order valence-electron chi connectivity index (χ1n) is 10.9. The molecule has 3 aromatic rings. The minimum Gasteiger partial charge on any atom is -0.319 e. The second-order valence-corrected chi connectivity index (χ2v) is 8.63. The Kier molecular flexibility index (Phi) is 4.96. The molecule has 0 unspecified atom stereocenters. The molecule has 0 spiro atoms. The highest BCUT2D eigenvalue weighted by molar-refractivity contribution is 6.11. The summed E-state index contributed by atoms with van der Waals surface area (Å²) in [5.74, 6) is -0.809. The number of benzene rings is 3. The summed E-state index contributed by atoms with van der Waals surface area (Å²) in [5, 5.41) is 4.75. The van der Waals surface area contributed by atoms with Gasteiger partial charge in [0.25, 0.3) is 5.91 Å². The molecule has 1 N–H and O–H groups in total. The molecule has 7 nitrogen and oxygen atoms in total. The third kappa shape index (κ3) is 3.55. The molecule has 2 fully saturated rings. The van der Waals surface area contributed by atoms with Crippen molar-refractivity contribution in [2.24, 2.45) is 0 Å². The Morgan fingerprint density at radius 2 is 1.76 bits per heavy atom. The quantitative estimate of drug-likeness (QED) is 0.484. The summed E-state index contributed by atoms with van der Waals surface area (Å²) in [6.07, 6.45) is 1.28. The lowest BCUT2D eigenvalue weighted by Crippen LogP contribution is -2.41. The number of amides is 4. The molecule has 0 aromatic heterocycles. The van der Waals surface area contributed by atoms with Gasteiger partial charge in [-0.3, -0.25) is 19.3 Å². The second kappa shape index (κ2) is 7.85. The molecule has 4 amide bonds. The summed E-state index contributed by atoms with van der Waals surface area (Å²) in [7, 11) is 0. The zero-order chi connectivity index (χ0) is 23.2. The summed E-state index contributed by atoms with van der Waals surface area (Å²) in [5.41, 5.74) is 0.406. The van der Waals surface area contributed by atoms with Crippen molar-refractivity contribution in [2.75, 3.05) is 18.0 Å². The van der Waals surface area contributed by atoms with E-state index >= 15 is 0 Å². The van der Waals surface area contributed by atoms with Gasteiger partial charge in [0.05, 0.1) is 6.54 Å². The van der Waals surface area contributed by atoms with E-state index in [1.54, 1.807) is 36.1 Å². The van der Waals surface area contributed by atoms with Crippen molar-refractivity contribution in [3.8, 4) is 0 Å². The summed E-state index contributed by atoms with van der Waals surface area (Å²) >= 11 is 0. The Bertz CT molecular complexity index is 1320. The van der Waals surface area contributed by atoms with Crippen LogP contribution in [0.1, 0.15) is 35.7 Å². The summed E-state index contributed by atoms with van der Waals surface area (Å²) in [4.78, 5) is 53.7. The van der Waals surface area contributed by atoms with Crippen LogP contribution < -0.4 is 10.2 Å². The number of hydrogen-bond donors (Lipinski definition) is 1. The van der Waals surface area contributed by atoms with Crippen LogP contribution in [0.5, 0.6) is 0 Å². The highest BCUT2D eigenvalue weighted by Crippen LogP contribution is 2.31. The van der Waals surface area contributed by atoms with Crippen LogP contribution in [0, 0.1) is 0 Å². The van der Waals surface area contributed by atoms with Crippen LogP contribution >= 0.6 is 0 Å². The zero-order valence-corrected chi connectivity index (χ0v) is 18.2. The van der Waals surface area contributed by atoms with E-state index in [2.05, 4.69) is 5.32 Å². The SMILES string of the molecule is C[C@]1(c2ccc3ccccc3c2)NC(=O)N(CC(=O)c2cccc(N3CCCC3=O)c2)C1=O. The molecule has 0 saturated carbocycles. The number of Topliss-reactive ketones (excluding diaryl/α,β-unsaturated/α-hetero) is 1. The maximum Gasteiger partial charge on any atom is 0.325 e. The molecule has 0 aliphatic carbocycles. The molecule has 33 heavy (non-hydrogen) atoms. The molecule has 3 aromatic carbocycles. The number of carbonyl (C=O) groups excluding carboxylic acids is 4. The van der Waals surface area contributed by atoms with Gasteiger partial charge in [0.15, 0.2) is 5.78 Å². The Morgan fingerprint density at radius 3 is 2.52 bits per heavy atom. The fourth-order valence-electron chi connectivity index (χ4n) is 4.54. The Hall–Kier alpha value is -4.00. The number of rotatable bonds is 5. The van der Waals surface area contributed by atoms with Gasteiger partial charge in [0.2, 0.25) is 5.91 Å². The molecule has 166 valence electrons. The standard InChI is InChI=1S/C26H23N3O4/c1-26(20-12-11-17-6-2-3-7-18(17)14-20)24(32)29(25(33)27-26)16-22(30)19-8-4-9-21(15-19)28-13-5-10-23(28)31/h2-4,6-9,11-12,14-15H,5,10,13,16H2,1H3,(H,27,33)/t26-/m1/s1. The van der Waals surface area contributed by atoms with Crippen molar-refractivity contribution >= 4 is 40.1 Å². The Labute approximate surface area is 191 Å². The molecular weight excluding hydrogens is 418 g/mol. The van der Waals surface area contributed by atoms with E-state index in [0.29, 0.717) is 29.8 Å². The van der Waals surface area contributed by atoms with Gasteiger partial charge in [-0.25, -0.2) is 4.79 Å². The number of urea groups is 1. The normalized spacial score (nSPS) is 20.6. The third-order valence-electron chi connectivity index (χ3n) is 6.46. The first kappa shape index (κ1) is 20.9. The lowest BCUT2D eigenvalue weighted by atomic mass is 9.90. The fourth-order valence-corrected chi connectivity index (χ4v) is 4.54. The first-order valence-corrected chi connectivity index (χ1v) is 10.9. The number of ketones is 1. The smallest absolute Gasteiger partial charge is 0.319 e. The van der Waals surface area contributed by atoms with Gasteiger partial charge in [0.1, 0.15) is 5.54 Å². The average molecular weight is 441 g/mol. The largest absolute Gasteiger partial charge is 0.325 e. The van der Waals surface area contributed by atoms with Crippen molar-refractivity contribution in [1.29, 1.82) is 0 Å². The number of imide groups is 1. The van der Waals surface area contributed by atoms with Crippen LogP contribution in [-0.2, 0) is 15.1 Å². The van der Waals surface area contributed by atoms with Crippen LogP contribution in [0.25, 0.3) is 10.8 Å². The number of hydrogen-bond acceptors (Lipinski definition) is 4. The molecule has 2 saturated heterocycles. The van der Waals surface area contributed by atoms with E-state index in [1.165, 1.54) is 0 Å². The molecule has 2 aliphatic rings. The van der Waals surface area contributed by atoms with Gasteiger partial charge < -0.3 is 10.2 Å². The minimum absolute atomic E-state index is 0.0276. The van der Waals surface area contributed by atoms with Gasteiger partial charge in [-0.1, -0.05) is 48.5 Å². The number of nitrogens with zero attached hydrogens (tertiary/aromatic N) is 2. The van der Waals surface area contributed by atoms with Crippen molar-refractivity contribution in [1.82, 2.24) is 10.2 Å². The maximum atomic E-state index is 13.3. The highest BCUT2D eigenvalue weighted by atomic mass is 16.2. The van der Waals surface area contributed by atoms with E-state index in [0.717, 1.165) is 22.1 Å². The zero-order valence-electron chi connectivity index (χ0n) is 18.2. The first-order chi connectivity index (χ1) is 15.9. The van der Waals surface area contributed by atoms with E-state index < -0.39 is 17.5 Å². The number of carbonyl (C=O) groups is 4. The molecule has 2 aliphatic heterocycles. The van der Waals surface area contributed by atoms with Crippen LogP contribution in [0.4, 0.5) is 10.5 Å². The third-order valence-corrected chi connectivity index (χ3v) is 6.46. The van der Waals surface area contributed by atoms with Crippen molar-refractivity contribution in [3.63, 3.8) is 0 Å². The van der Waals surface area contributed by atoms with E-state index in [1.807, 2.05) is 42.5 Å². The predicted molar refractivity (Wildman–Crippen MR) is 124 cm³/mol. The number of fused-ring (bicyclic) bond motifs is 1. The van der Waals surface area contributed by atoms with Gasteiger partial charge in [0, 0.05) is 24.2 Å². The number of nitrogens with one attached hydrogen (secondary N) is 1. The Balaban J connectivity index is 1.38. The molecule has 1 atom stereocenters. The summed E-state index contributed by atoms with van der Waals surface area (Å²) < 4.78 is 0. The highest BCUT2D eigenvalue weighted by Gasteiger charge is 2.49. The maximum absolute atomic E-state index is 13.3. The monoisotopic (exact) mass is 441 g/mol. The van der Waals surface area contributed by atoms with Crippen LogP contribution in [0.3, 0.4) is 0 Å². The van der Waals surface area contributed by atoms with Crippen molar-refractivity contribution < 1.29 is 19.2 Å². The van der Waals surface area contributed by atoms with Gasteiger partial charge in [-0.15, -0.1) is 0 Å². The Morgan fingerprint density at radius 1 is 0.970 bits per heavy atom. The molecular formula is C26H23N3O4. The topological polar surface area (TPSA) is 86.8 Å². The van der Waals surface area contributed by atoms with Crippen LogP contribution in [0.2, 0.25) is 0 Å². The van der Waals surface area contributed by atoms with Gasteiger partial charge in [-0.2, -0.15) is 0 Å². The predicted octanol–water partition coefficient (Wildman–Crippen LogP) is 3.62. The van der Waals surface area contributed by atoms with Crippen LogP contribution in [-0.4, -0.2) is 41.6 Å². The molecule has 5 rings (SSSR count). The summed E-state index contributed by atoms with van der Waals surface area (Å²) in [6.45, 7) is 1.90. The molecule has 7 heteroatoms. The van der Waals surface area contributed by atoms with Crippen LogP contribution in [0.15, 0.2) is 66.7 Å². The van der Waals surface area contributed by atoms with Crippen molar-refractivity contribution in [2.45, 2.75) is 25.3 Å². The van der Waals surface area contributed by atoms with Crippen molar-refractivity contribution in [3.05, 3.63) is 77.9 Å². The number of anilines is 1. The molecule has 2 heterocycles. The lowest BCUT2D eigenvalue weighted by Gasteiger charge is -2.22. The average Bonchev–Trinajstić information content (AvgIpc) is 3.35. The lowest BCUT2D eigenvalue weighted by molar-refractivity contribution is -0.130. The summed E-state index contributed by atoms with van der Waals surface area (Å²) in [6, 6.07) is 19.6. The minimum atomic E-state index is -1.26. The van der Waals surface area contributed by atoms with E-state index in [9.17, 15) is 19.2 Å². The molecule has 0 radical (unpaired) electrons. The van der Waals surface area contributed by atoms with E-state index in [-0.39, 0.29) is 18.2 Å². The second-order valence-electron chi connectivity index (χ2n) is 8.63. The van der Waals surface area contributed by atoms with Gasteiger partial charge >= 0.3 is 6.03 Å².